The van der Waals surface area contributed by atoms with Gasteiger partial charge in [0.1, 0.15) is 0 Å². The smallest absolute Gasteiger partial charge is 0.390 e. The second-order valence-corrected chi connectivity index (χ2v) is 4.25. The number of hydrogen-bond acceptors (Lipinski definition) is 3. The molecule has 0 radical (unpaired) electrons. The molecular weight excluding hydrogens is 228 g/mol. The van der Waals surface area contributed by atoms with Crippen molar-refractivity contribution in [1.29, 1.82) is 0 Å². The average Bonchev–Trinajstić information content (AvgIpc) is 1.95. The molecule has 0 saturated heterocycles. The number of alkyl halides is 3. The van der Waals surface area contributed by atoms with E-state index >= 15 is 0 Å². The van der Waals surface area contributed by atoms with Crippen molar-refractivity contribution in [3.05, 3.63) is 0 Å². The van der Waals surface area contributed by atoms with Crippen LogP contribution in [-0.2, 0) is 14.1 Å². The molecule has 0 bridgehead atoms. The first kappa shape index (κ1) is 13.4. The molecule has 1 atom stereocenters. The number of methoxy groups -OCH3 is 1. The van der Waals surface area contributed by atoms with Crippen molar-refractivity contribution in [2.45, 2.75) is 18.3 Å². The monoisotopic (exact) mass is 236 g/mol. The van der Waals surface area contributed by atoms with Crippen molar-refractivity contribution >= 4 is 13.6 Å². The molecule has 84 valence electrons. The van der Waals surface area contributed by atoms with Gasteiger partial charge in [0.15, 0.2) is 5.66 Å². The third kappa shape index (κ3) is 4.59. The van der Waals surface area contributed by atoms with E-state index in [0.29, 0.717) is 0 Å². The van der Waals surface area contributed by atoms with Crippen molar-refractivity contribution in [2.24, 2.45) is 0 Å². The van der Waals surface area contributed by atoms with Gasteiger partial charge >= 0.3 is 19.7 Å². The quantitative estimate of drug-likeness (QED) is 0.555. The Kier molecular flexibility index (Phi) is 4.11. The van der Waals surface area contributed by atoms with E-state index in [1.54, 1.807) is 0 Å². The predicted octanol–water partition coefficient (Wildman–Crippen LogP) is 0.658. The summed E-state index contributed by atoms with van der Waals surface area (Å²) < 4.78 is 49.7. The van der Waals surface area contributed by atoms with Gasteiger partial charge in [-0.25, -0.2) is 0 Å². The molecule has 0 aliphatic heterocycles. The highest BCUT2D eigenvalue weighted by molar-refractivity contribution is 7.53. The first-order valence-corrected chi connectivity index (χ1v) is 4.96. The minimum absolute atomic E-state index is 0.751. The van der Waals surface area contributed by atoms with Crippen LogP contribution in [0.15, 0.2) is 0 Å². The summed E-state index contributed by atoms with van der Waals surface area (Å²) in [5.41, 5.74) is -2.48. The van der Waals surface area contributed by atoms with Gasteiger partial charge in [-0.3, -0.25) is 9.36 Å². The van der Waals surface area contributed by atoms with Gasteiger partial charge in [-0.05, 0) is 0 Å². The van der Waals surface area contributed by atoms with E-state index in [9.17, 15) is 22.5 Å². The lowest BCUT2D eigenvalue weighted by atomic mass is 10.3. The summed E-state index contributed by atoms with van der Waals surface area (Å²) in [6.07, 6.45) is -6.73. The fourth-order valence-electron chi connectivity index (χ4n) is 0.695. The van der Waals surface area contributed by atoms with Crippen LogP contribution in [0.2, 0.25) is 0 Å². The highest BCUT2D eigenvalue weighted by atomic mass is 31.2. The van der Waals surface area contributed by atoms with Crippen molar-refractivity contribution in [3.8, 4) is 0 Å². The minimum Gasteiger partial charge on any atom is -0.468 e. The molecule has 0 aromatic carbocycles. The summed E-state index contributed by atoms with van der Waals surface area (Å²) >= 11 is 0. The summed E-state index contributed by atoms with van der Waals surface area (Å²) in [5, 5.41) is 0. The molecule has 0 rings (SSSR count). The van der Waals surface area contributed by atoms with Gasteiger partial charge in [0, 0.05) is 0 Å². The van der Waals surface area contributed by atoms with Gasteiger partial charge in [-0.15, -0.1) is 0 Å². The van der Waals surface area contributed by atoms with E-state index in [-0.39, 0.29) is 0 Å². The Morgan fingerprint density at radius 2 is 1.93 bits per heavy atom. The molecule has 1 unspecified atom stereocenters. The van der Waals surface area contributed by atoms with Crippen molar-refractivity contribution in [2.75, 3.05) is 7.11 Å². The molecule has 5 nitrogen and oxygen atoms in total. The normalized spacial score (nSPS) is 15.0. The van der Waals surface area contributed by atoms with Crippen LogP contribution in [0, 0.1) is 0 Å². The maximum absolute atomic E-state index is 11.8. The molecule has 0 aromatic rings. The van der Waals surface area contributed by atoms with Crippen molar-refractivity contribution in [1.82, 2.24) is 0 Å². The van der Waals surface area contributed by atoms with Crippen LogP contribution in [0.25, 0.3) is 0 Å². The van der Waals surface area contributed by atoms with Crippen LogP contribution in [0.4, 0.5) is 13.2 Å². The van der Waals surface area contributed by atoms with Gasteiger partial charge in [-0.2, -0.15) is 13.2 Å². The predicted molar refractivity (Wildman–Crippen MR) is 38.5 cm³/mol. The van der Waals surface area contributed by atoms with E-state index in [4.69, 9.17) is 9.79 Å². The molecule has 2 N–H and O–H groups in total. The van der Waals surface area contributed by atoms with Gasteiger partial charge < -0.3 is 14.5 Å². The zero-order chi connectivity index (χ0) is 11.6. The van der Waals surface area contributed by atoms with Gasteiger partial charge in [0.05, 0.1) is 13.5 Å². The number of carbonyl (C=O) groups excluding carboxylic acids is 1. The van der Waals surface area contributed by atoms with Crippen LogP contribution in [0.3, 0.4) is 0 Å². The van der Waals surface area contributed by atoms with Crippen LogP contribution >= 0.6 is 7.60 Å². The fraction of sp³-hybridized carbons (Fsp3) is 0.800. The molecule has 0 aliphatic rings. The topological polar surface area (TPSA) is 83.8 Å². The SMILES string of the molecule is COC(=O)C(CC(F)(F)F)P(=O)(O)O. The zero-order valence-corrected chi connectivity index (χ0v) is 7.88. The first-order valence-electron chi connectivity index (χ1n) is 3.27. The molecule has 9 heteroatoms. The molecule has 0 amide bonds. The van der Waals surface area contributed by atoms with E-state index in [0.717, 1.165) is 7.11 Å². The third-order valence-corrected chi connectivity index (χ3v) is 2.51. The lowest BCUT2D eigenvalue weighted by molar-refractivity contribution is -0.155. The summed E-state index contributed by atoms with van der Waals surface area (Å²) in [6.45, 7) is 0. The third-order valence-electron chi connectivity index (χ3n) is 1.30. The molecule has 14 heavy (non-hydrogen) atoms. The van der Waals surface area contributed by atoms with Crippen LogP contribution in [0.1, 0.15) is 6.42 Å². The highest BCUT2D eigenvalue weighted by Gasteiger charge is 2.45. The minimum atomic E-state index is -5.14. The molecular formula is C5H8F3O5P. The maximum atomic E-state index is 11.8. The van der Waals surface area contributed by atoms with Crippen LogP contribution in [-0.4, -0.2) is 34.7 Å². The van der Waals surface area contributed by atoms with E-state index in [1.165, 1.54) is 0 Å². The molecule has 0 saturated carbocycles. The van der Waals surface area contributed by atoms with Gasteiger partial charge in [0.2, 0.25) is 0 Å². The molecule has 0 spiro atoms. The number of ether oxygens (including phenoxy) is 1. The highest BCUT2D eigenvalue weighted by Crippen LogP contribution is 2.46. The summed E-state index contributed by atoms with van der Waals surface area (Å²) in [5.74, 6) is -1.57. The van der Waals surface area contributed by atoms with E-state index in [2.05, 4.69) is 4.74 Å². The fourth-order valence-corrected chi connectivity index (χ4v) is 1.52. The number of carbonyl (C=O) groups is 1. The number of hydrogen-bond donors (Lipinski definition) is 2. The van der Waals surface area contributed by atoms with Crippen LogP contribution in [0.5, 0.6) is 0 Å². The van der Waals surface area contributed by atoms with E-state index < -0.39 is 31.8 Å². The summed E-state index contributed by atoms with van der Waals surface area (Å²) in [6, 6.07) is 0. The lowest BCUT2D eigenvalue weighted by Crippen LogP contribution is -2.28. The molecule has 0 heterocycles. The van der Waals surface area contributed by atoms with Gasteiger partial charge in [-0.1, -0.05) is 0 Å². The molecule has 0 aromatic heterocycles. The first-order chi connectivity index (χ1) is 6.08. The Labute approximate surface area is 77.0 Å². The van der Waals surface area contributed by atoms with Gasteiger partial charge in [0.25, 0.3) is 0 Å². The largest absolute Gasteiger partial charge is 0.468 e. The van der Waals surface area contributed by atoms with E-state index in [1.807, 2.05) is 0 Å². The zero-order valence-electron chi connectivity index (χ0n) is 6.98. The summed E-state index contributed by atoms with van der Waals surface area (Å²) in [7, 11) is -4.39. The average molecular weight is 236 g/mol. The number of esters is 1. The van der Waals surface area contributed by atoms with Crippen molar-refractivity contribution < 1.29 is 37.1 Å². The maximum Gasteiger partial charge on any atom is 0.390 e. The second kappa shape index (κ2) is 4.29. The molecule has 0 aliphatic carbocycles. The molecule has 0 fully saturated rings. The van der Waals surface area contributed by atoms with Crippen LogP contribution < -0.4 is 0 Å². The lowest BCUT2D eigenvalue weighted by Gasteiger charge is -2.17. The Morgan fingerprint density at radius 3 is 2.14 bits per heavy atom. The second-order valence-electron chi connectivity index (χ2n) is 2.45. The Bertz CT molecular complexity index is 257. The standard InChI is InChI=1S/C5H8F3O5P/c1-13-4(9)3(14(10,11)12)2-5(6,7)8/h3H,2H2,1H3,(H2,10,11,12). The Balaban J connectivity index is 4.77. The Hall–Kier alpha value is -0.590. The van der Waals surface area contributed by atoms with Crippen molar-refractivity contribution in [3.63, 3.8) is 0 Å². The number of halogens is 3. The summed E-state index contributed by atoms with van der Waals surface area (Å²) in [4.78, 5) is 27.5. The Morgan fingerprint density at radius 1 is 1.50 bits per heavy atom. The number of rotatable bonds is 3.